The van der Waals surface area contributed by atoms with Crippen molar-refractivity contribution in [2.24, 2.45) is 12.8 Å². The molecular weight excluding hydrogens is 332 g/mol. The molecule has 2 aliphatic rings. The minimum absolute atomic E-state index is 0.00623. The minimum Gasteiger partial charge on any atom is -0.508 e. The third kappa shape index (κ3) is 2.74. The molecule has 1 saturated heterocycles. The zero-order chi connectivity index (χ0) is 18.3. The third-order valence-corrected chi connectivity index (χ3v) is 4.78. The lowest BCUT2D eigenvalue weighted by molar-refractivity contribution is -0.404. The van der Waals surface area contributed by atoms with Crippen LogP contribution < -0.4 is 16.0 Å². The van der Waals surface area contributed by atoms with Crippen molar-refractivity contribution in [2.75, 3.05) is 13.1 Å². The first-order valence-electron chi connectivity index (χ1n) is 8.46. The molecule has 8 nitrogen and oxygen atoms in total. The van der Waals surface area contributed by atoms with E-state index in [-0.39, 0.29) is 24.2 Å². The van der Waals surface area contributed by atoms with Crippen molar-refractivity contribution in [3.05, 3.63) is 59.6 Å². The fraction of sp³-hybridized carbons (Fsp3) is 0.278. The van der Waals surface area contributed by atoms with E-state index in [1.165, 1.54) is 0 Å². The number of phenolic OH excluding ortho intramolecular Hbond substituents is 1. The normalized spacial score (nSPS) is 19.5. The maximum absolute atomic E-state index is 12.9. The Bertz CT molecular complexity index is 912. The standard InChI is InChI=1S/C18H20N6O2/c1-23-7-6-20-16(23)8-13-18(26)24-10-15(11-2-4-12(25)5-3-11)21-14(9-19)17(24)22-13/h2-7,13,22,25H,8-10,19H2,1H3/p+1. The second kappa shape index (κ2) is 6.30. The van der Waals surface area contributed by atoms with E-state index in [9.17, 15) is 9.90 Å². The smallest absolute Gasteiger partial charge is 0.251 e. The molecule has 1 aromatic carbocycles. The Morgan fingerprint density at radius 3 is 2.81 bits per heavy atom. The van der Waals surface area contributed by atoms with Gasteiger partial charge in [-0.1, -0.05) is 0 Å². The zero-order valence-corrected chi connectivity index (χ0v) is 14.4. The molecule has 1 unspecified atom stereocenters. The average Bonchev–Trinajstić information content (AvgIpc) is 3.19. The van der Waals surface area contributed by atoms with Gasteiger partial charge in [0.2, 0.25) is 11.4 Å². The first-order valence-corrected chi connectivity index (χ1v) is 8.46. The van der Waals surface area contributed by atoms with Crippen LogP contribution in [0.3, 0.4) is 0 Å². The Balaban J connectivity index is 1.62. The summed E-state index contributed by atoms with van der Waals surface area (Å²) in [6.07, 6.45) is 4.10. The summed E-state index contributed by atoms with van der Waals surface area (Å²) < 4.78 is 1.91. The van der Waals surface area contributed by atoms with Crippen molar-refractivity contribution in [3.63, 3.8) is 0 Å². The highest BCUT2D eigenvalue weighted by Crippen LogP contribution is 2.20. The number of hydrogen-bond acceptors (Lipinski definition) is 5. The molecule has 5 N–H and O–H groups in total. The quantitative estimate of drug-likeness (QED) is 0.517. The van der Waals surface area contributed by atoms with Crippen LogP contribution in [0.5, 0.6) is 5.75 Å². The van der Waals surface area contributed by atoms with Gasteiger partial charge in [-0.05, 0) is 24.3 Å². The van der Waals surface area contributed by atoms with Crippen molar-refractivity contribution in [1.29, 1.82) is 0 Å². The number of nitrogens with one attached hydrogen (secondary N) is 2. The van der Waals surface area contributed by atoms with E-state index in [0.717, 1.165) is 28.6 Å². The predicted molar refractivity (Wildman–Crippen MR) is 94.8 cm³/mol. The first kappa shape index (κ1) is 16.3. The van der Waals surface area contributed by atoms with Gasteiger partial charge in [0, 0.05) is 31.4 Å². The highest BCUT2D eigenvalue weighted by molar-refractivity contribution is 6.01. The molecule has 4 rings (SSSR count). The van der Waals surface area contributed by atoms with Gasteiger partial charge in [-0.15, -0.1) is 0 Å². The third-order valence-electron chi connectivity index (χ3n) is 4.78. The number of carbonyl (C=O) groups excluding carboxylic acids is 1. The van der Waals surface area contributed by atoms with Gasteiger partial charge in [-0.3, -0.25) is 9.69 Å². The van der Waals surface area contributed by atoms with Gasteiger partial charge in [-0.2, -0.15) is 0 Å². The summed E-state index contributed by atoms with van der Waals surface area (Å²) in [5.74, 6) is 1.79. The number of aryl methyl sites for hydroxylation is 1. The molecule has 3 heterocycles. The molecule has 26 heavy (non-hydrogen) atoms. The Kier molecular flexibility index (Phi) is 3.96. The monoisotopic (exact) mass is 353 g/mol. The second-order valence-electron chi connectivity index (χ2n) is 6.46. The van der Waals surface area contributed by atoms with Gasteiger partial charge >= 0.3 is 0 Å². The Hall–Kier alpha value is -3.13. The highest BCUT2D eigenvalue weighted by Gasteiger charge is 2.42. The molecule has 2 aliphatic heterocycles. The number of hydrogen-bond donors (Lipinski definition) is 4. The molecule has 134 valence electrons. The number of carbonyl (C=O) groups is 1. The number of imidazole rings is 1. The summed E-state index contributed by atoms with van der Waals surface area (Å²) in [5.41, 5.74) is 8.47. The number of nitrogens with zero attached hydrogens (tertiary/aromatic N) is 3. The molecule has 0 aliphatic carbocycles. The lowest BCUT2D eigenvalue weighted by Gasteiger charge is -2.20. The van der Waals surface area contributed by atoms with Crippen molar-refractivity contribution in [1.82, 2.24) is 19.8 Å². The van der Waals surface area contributed by atoms with E-state index in [1.54, 1.807) is 23.2 Å². The van der Waals surface area contributed by atoms with E-state index < -0.39 is 0 Å². The molecule has 1 amide bonds. The largest absolute Gasteiger partial charge is 0.508 e. The van der Waals surface area contributed by atoms with Crippen molar-refractivity contribution in [3.8, 4) is 5.75 Å². The topological polar surface area (TPSA) is 110 Å². The molecule has 8 heteroatoms. The zero-order valence-electron chi connectivity index (χ0n) is 14.4. The fourth-order valence-electron chi connectivity index (χ4n) is 3.34. The SMILES string of the molecule is Cn1ccnc1CC1NC2=C(CN)[NH+]=C(c3ccc(O)cc3)CN2C1=O. The van der Waals surface area contributed by atoms with E-state index in [1.807, 2.05) is 29.9 Å². The molecule has 2 aromatic rings. The van der Waals surface area contributed by atoms with Crippen LogP contribution in [0.4, 0.5) is 0 Å². The minimum atomic E-state index is -0.367. The lowest BCUT2D eigenvalue weighted by atomic mass is 10.1. The molecule has 0 saturated carbocycles. The Labute approximate surface area is 150 Å². The number of benzene rings is 1. The number of aromatic hydroxyl groups is 1. The second-order valence-corrected chi connectivity index (χ2v) is 6.46. The highest BCUT2D eigenvalue weighted by atomic mass is 16.3. The summed E-state index contributed by atoms with van der Waals surface area (Å²) >= 11 is 0. The molecule has 1 atom stereocenters. The number of fused-ring (bicyclic) bond motifs is 1. The molecule has 1 aromatic heterocycles. The fourth-order valence-corrected chi connectivity index (χ4v) is 3.34. The molecule has 0 radical (unpaired) electrons. The van der Waals surface area contributed by atoms with E-state index >= 15 is 0 Å². The summed E-state index contributed by atoms with van der Waals surface area (Å²) in [6.45, 7) is 0.704. The van der Waals surface area contributed by atoms with E-state index in [2.05, 4.69) is 15.3 Å². The van der Waals surface area contributed by atoms with Crippen molar-refractivity contribution < 1.29 is 14.9 Å². The maximum atomic E-state index is 12.9. The number of aromatic nitrogens is 2. The van der Waals surface area contributed by atoms with Gasteiger partial charge in [0.25, 0.3) is 5.91 Å². The lowest BCUT2D eigenvalue weighted by Crippen LogP contribution is -2.77. The first-order chi connectivity index (χ1) is 12.6. The van der Waals surface area contributed by atoms with Gasteiger partial charge in [-0.25, -0.2) is 9.98 Å². The maximum Gasteiger partial charge on any atom is 0.251 e. The average molecular weight is 353 g/mol. The van der Waals surface area contributed by atoms with Crippen LogP contribution >= 0.6 is 0 Å². The summed E-state index contributed by atoms with van der Waals surface area (Å²) in [6, 6.07) is 6.51. The Morgan fingerprint density at radius 2 is 2.15 bits per heavy atom. The molecular formula is C18H21N6O2+. The number of rotatable bonds is 4. The number of phenols is 1. The number of nitrogens with two attached hydrogens (primary N) is 1. The van der Waals surface area contributed by atoms with Crippen LogP contribution in [0.1, 0.15) is 11.4 Å². The van der Waals surface area contributed by atoms with Gasteiger partial charge in [0.05, 0.1) is 6.54 Å². The van der Waals surface area contributed by atoms with Crippen LogP contribution in [0, 0.1) is 0 Å². The molecule has 0 bridgehead atoms. The van der Waals surface area contributed by atoms with Gasteiger partial charge < -0.3 is 20.7 Å². The van der Waals surface area contributed by atoms with Crippen LogP contribution in [-0.2, 0) is 18.3 Å². The number of amides is 1. The van der Waals surface area contributed by atoms with Crippen LogP contribution in [0.15, 0.2) is 48.2 Å². The van der Waals surface area contributed by atoms with Crippen LogP contribution in [-0.4, -0.2) is 50.3 Å². The van der Waals surface area contributed by atoms with Crippen LogP contribution in [0.25, 0.3) is 0 Å². The van der Waals surface area contributed by atoms with E-state index in [4.69, 9.17) is 5.73 Å². The van der Waals surface area contributed by atoms with Crippen molar-refractivity contribution >= 4 is 11.6 Å². The van der Waals surface area contributed by atoms with E-state index in [0.29, 0.717) is 13.0 Å². The summed E-state index contributed by atoms with van der Waals surface area (Å²) in [4.78, 5) is 22.3. The molecule has 1 fully saturated rings. The van der Waals surface area contributed by atoms with Crippen molar-refractivity contribution in [2.45, 2.75) is 12.5 Å². The molecule has 0 spiro atoms. The van der Waals surface area contributed by atoms with Crippen LogP contribution in [0.2, 0.25) is 0 Å². The predicted octanol–water partition coefficient (Wildman–Crippen LogP) is -1.82. The van der Waals surface area contributed by atoms with Gasteiger partial charge in [0.15, 0.2) is 5.82 Å². The van der Waals surface area contributed by atoms with Gasteiger partial charge in [0.1, 0.15) is 24.2 Å². The summed E-state index contributed by atoms with van der Waals surface area (Å²) in [5, 5.41) is 12.8. The summed E-state index contributed by atoms with van der Waals surface area (Å²) in [7, 11) is 1.91. The Morgan fingerprint density at radius 1 is 1.38 bits per heavy atom.